The van der Waals surface area contributed by atoms with Crippen LogP contribution in [0.5, 0.6) is 11.5 Å². The van der Waals surface area contributed by atoms with E-state index in [4.69, 9.17) is 18.9 Å². The molecule has 2 aromatic heterocycles. The lowest BCUT2D eigenvalue weighted by Crippen LogP contribution is -2.18. The van der Waals surface area contributed by atoms with Gasteiger partial charge in [-0.15, -0.1) is 0 Å². The normalized spacial score (nSPS) is 16.9. The number of esters is 2. The average Bonchev–Trinajstić information content (AvgIpc) is 3.62. The Hall–Kier alpha value is -4.24. The zero-order valence-corrected chi connectivity index (χ0v) is 19.8. The standard InChI is InChI=1S/C27H24N4O5/c1-30-20-8-9-21-26(36-24(33)11-10-23(32)35-21)25(20)29-22(30)14-17-4-6-18(7-5-17)27-28-19(16-34-27)15-31-12-2-3-13-31/h4-11,16H,2-3,12-15H2,1H3/b11-10+. The second-order valence-electron chi connectivity index (χ2n) is 9.02. The van der Waals surface area contributed by atoms with Crippen molar-refractivity contribution in [2.24, 2.45) is 7.05 Å². The fraction of sp³-hybridized carbons (Fsp3) is 0.259. The molecule has 0 N–H and O–H groups in total. The van der Waals surface area contributed by atoms with Gasteiger partial charge in [0.05, 0.1) is 11.2 Å². The van der Waals surface area contributed by atoms with E-state index >= 15 is 0 Å². The van der Waals surface area contributed by atoms with Crippen molar-refractivity contribution in [2.75, 3.05) is 13.1 Å². The van der Waals surface area contributed by atoms with Gasteiger partial charge in [0.15, 0.2) is 5.75 Å². The smallest absolute Gasteiger partial charge is 0.336 e. The molecule has 0 atom stereocenters. The van der Waals surface area contributed by atoms with Crippen molar-refractivity contribution in [2.45, 2.75) is 25.8 Å². The Labute approximate surface area is 207 Å². The number of aromatic nitrogens is 3. The second-order valence-corrected chi connectivity index (χ2v) is 9.02. The predicted octanol–water partition coefficient (Wildman–Crippen LogP) is 3.80. The highest BCUT2D eigenvalue weighted by molar-refractivity contribution is 5.98. The molecule has 2 aromatic carbocycles. The third-order valence-corrected chi connectivity index (χ3v) is 6.53. The first-order chi connectivity index (χ1) is 17.5. The molecule has 0 aliphatic carbocycles. The number of hydrogen-bond donors (Lipinski definition) is 0. The van der Waals surface area contributed by atoms with Crippen molar-refractivity contribution in [1.29, 1.82) is 0 Å². The van der Waals surface area contributed by atoms with Gasteiger partial charge < -0.3 is 18.5 Å². The first kappa shape index (κ1) is 22.2. The molecule has 36 heavy (non-hydrogen) atoms. The molecule has 0 unspecified atom stereocenters. The Bertz CT molecular complexity index is 1490. The van der Waals surface area contributed by atoms with E-state index in [0.29, 0.717) is 17.8 Å². The number of carbonyl (C=O) groups is 2. The average molecular weight is 485 g/mol. The summed E-state index contributed by atoms with van der Waals surface area (Å²) in [5.41, 5.74) is 4.14. The molecule has 0 saturated carbocycles. The van der Waals surface area contributed by atoms with Gasteiger partial charge in [-0.25, -0.2) is 19.6 Å². The Balaban J connectivity index is 1.23. The lowest BCUT2D eigenvalue weighted by atomic mass is 10.1. The number of carbonyl (C=O) groups excluding carboxylic acids is 2. The van der Waals surface area contributed by atoms with Crippen molar-refractivity contribution >= 4 is 23.0 Å². The van der Waals surface area contributed by atoms with Crippen LogP contribution < -0.4 is 9.47 Å². The van der Waals surface area contributed by atoms with Crippen LogP contribution in [-0.4, -0.2) is 44.5 Å². The third kappa shape index (κ3) is 4.29. The van der Waals surface area contributed by atoms with E-state index in [2.05, 4.69) is 9.88 Å². The monoisotopic (exact) mass is 484 g/mol. The first-order valence-corrected chi connectivity index (χ1v) is 11.9. The summed E-state index contributed by atoms with van der Waals surface area (Å²) < 4.78 is 18.4. The highest BCUT2D eigenvalue weighted by Crippen LogP contribution is 2.37. The van der Waals surface area contributed by atoms with Crippen LogP contribution in [0, 0.1) is 0 Å². The number of likely N-dealkylation sites (tertiary alicyclic amines) is 1. The van der Waals surface area contributed by atoms with Crippen LogP contribution in [0.2, 0.25) is 0 Å². The number of ether oxygens (including phenoxy) is 2. The summed E-state index contributed by atoms with van der Waals surface area (Å²) in [6, 6.07) is 11.4. The van der Waals surface area contributed by atoms with E-state index in [9.17, 15) is 9.59 Å². The number of imidazole rings is 1. The largest absolute Gasteiger partial charge is 0.444 e. The molecule has 9 nitrogen and oxygen atoms in total. The Morgan fingerprint density at radius 1 is 0.917 bits per heavy atom. The number of rotatable bonds is 5. The maximum absolute atomic E-state index is 12.0. The molecule has 1 fully saturated rings. The van der Waals surface area contributed by atoms with Gasteiger partial charge in [-0.05, 0) is 55.8 Å². The molecule has 9 heteroatoms. The maximum Gasteiger partial charge on any atom is 0.336 e. The fourth-order valence-corrected chi connectivity index (χ4v) is 4.64. The van der Waals surface area contributed by atoms with Crippen LogP contribution in [-0.2, 0) is 29.6 Å². The molecule has 182 valence electrons. The van der Waals surface area contributed by atoms with E-state index in [1.54, 1.807) is 18.4 Å². The highest BCUT2D eigenvalue weighted by Gasteiger charge is 2.22. The molecule has 0 bridgehead atoms. The molecular weight excluding hydrogens is 460 g/mol. The van der Waals surface area contributed by atoms with Gasteiger partial charge in [-0.1, -0.05) is 12.1 Å². The topological polar surface area (TPSA) is 99.7 Å². The minimum atomic E-state index is -0.654. The van der Waals surface area contributed by atoms with Gasteiger partial charge in [-0.2, -0.15) is 0 Å². The summed E-state index contributed by atoms with van der Waals surface area (Å²) in [6.45, 7) is 3.06. The van der Waals surface area contributed by atoms with Gasteiger partial charge in [0.1, 0.15) is 17.6 Å². The summed E-state index contributed by atoms with van der Waals surface area (Å²) in [5, 5.41) is 0. The van der Waals surface area contributed by atoms with Crippen molar-refractivity contribution in [3.8, 4) is 23.0 Å². The second kappa shape index (κ2) is 9.09. The summed E-state index contributed by atoms with van der Waals surface area (Å²) in [4.78, 5) is 35.7. The Kier molecular flexibility index (Phi) is 5.61. The number of benzene rings is 2. The van der Waals surface area contributed by atoms with Crippen molar-refractivity contribution in [1.82, 2.24) is 19.4 Å². The molecule has 0 amide bonds. The Morgan fingerprint density at radius 2 is 1.67 bits per heavy atom. The van der Waals surface area contributed by atoms with Gasteiger partial charge in [0.2, 0.25) is 11.6 Å². The Morgan fingerprint density at radius 3 is 2.44 bits per heavy atom. The predicted molar refractivity (Wildman–Crippen MR) is 130 cm³/mol. The van der Waals surface area contributed by atoms with Crippen LogP contribution in [0.1, 0.15) is 29.9 Å². The summed E-state index contributed by atoms with van der Waals surface area (Å²) in [6.07, 6.45) is 6.87. The van der Waals surface area contributed by atoms with Gasteiger partial charge in [-0.3, -0.25) is 4.90 Å². The lowest BCUT2D eigenvalue weighted by Gasteiger charge is -2.11. The van der Waals surface area contributed by atoms with E-state index in [1.165, 1.54) is 12.8 Å². The van der Waals surface area contributed by atoms with E-state index < -0.39 is 11.9 Å². The van der Waals surface area contributed by atoms with Gasteiger partial charge in [0.25, 0.3) is 0 Å². The minimum absolute atomic E-state index is 0.140. The van der Waals surface area contributed by atoms with E-state index in [-0.39, 0.29) is 11.5 Å². The number of hydrogen-bond acceptors (Lipinski definition) is 8. The zero-order valence-electron chi connectivity index (χ0n) is 19.8. The molecule has 4 aromatic rings. The number of fused-ring (bicyclic) bond motifs is 3. The van der Waals surface area contributed by atoms with Crippen LogP contribution in [0.15, 0.2) is 59.2 Å². The number of aryl methyl sites for hydroxylation is 1. The molecule has 1 saturated heterocycles. The molecule has 0 radical (unpaired) electrons. The minimum Gasteiger partial charge on any atom is -0.444 e. The number of oxazole rings is 1. The summed E-state index contributed by atoms with van der Waals surface area (Å²) in [7, 11) is 1.90. The molecule has 0 spiro atoms. The van der Waals surface area contributed by atoms with Crippen LogP contribution in [0.4, 0.5) is 0 Å². The van der Waals surface area contributed by atoms with E-state index in [0.717, 1.165) is 59.9 Å². The molecule has 2 aliphatic heterocycles. The molecular formula is C27H24N4O5. The van der Waals surface area contributed by atoms with Gasteiger partial charge >= 0.3 is 11.9 Å². The van der Waals surface area contributed by atoms with Gasteiger partial charge in [0, 0.05) is 37.7 Å². The number of nitrogens with zero attached hydrogens (tertiary/aromatic N) is 4. The van der Waals surface area contributed by atoms with E-state index in [1.807, 2.05) is 35.9 Å². The third-order valence-electron chi connectivity index (χ3n) is 6.53. The SMILES string of the molecule is Cn1c(Cc2ccc(-c3nc(CN4CCCC4)co3)cc2)nc2c3c(ccc21)OC(=O)/C=C/C(=O)O3. The fourth-order valence-electron chi connectivity index (χ4n) is 4.64. The van der Waals surface area contributed by atoms with Crippen LogP contribution in [0.25, 0.3) is 22.5 Å². The maximum atomic E-state index is 12.0. The zero-order chi connectivity index (χ0) is 24.6. The van der Waals surface area contributed by atoms with Crippen molar-refractivity contribution in [3.05, 3.63) is 71.9 Å². The summed E-state index contributed by atoms with van der Waals surface area (Å²) in [5.74, 6) is 0.393. The van der Waals surface area contributed by atoms with Crippen molar-refractivity contribution < 1.29 is 23.5 Å². The van der Waals surface area contributed by atoms with Crippen LogP contribution >= 0.6 is 0 Å². The molecule has 6 rings (SSSR count). The quantitative estimate of drug-likeness (QED) is 0.312. The summed E-state index contributed by atoms with van der Waals surface area (Å²) >= 11 is 0. The highest BCUT2D eigenvalue weighted by atomic mass is 16.6. The van der Waals surface area contributed by atoms with Crippen LogP contribution in [0.3, 0.4) is 0 Å². The van der Waals surface area contributed by atoms with Crippen molar-refractivity contribution in [3.63, 3.8) is 0 Å². The first-order valence-electron chi connectivity index (χ1n) is 11.9. The lowest BCUT2D eigenvalue weighted by molar-refractivity contribution is -0.133. The molecule has 4 heterocycles. The molecule has 2 aliphatic rings.